The zero-order valence-corrected chi connectivity index (χ0v) is 10.6. The molecule has 0 aromatic heterocycles. The second-order valence-corrected chi connectivity index (χ2v) is 7.03. The summed E-state index contributed by atoms with van der Waals surface area (Å²) < 4.78 is 0. The summed E-state index contributed by atoms with van der Waals surface area (Å²) in [5.41, 5.74) is -1.38. The van der Waals surface area contributed by atoms with Gasteiger partial charge < -0.3 is 15.3 Å². The molecule has 3 aliphatic carbocycles. The topological polar surface area (TPSA) is 60.7 Å². The van der Waals surface area contributed by atoms with Crippen LogP contribution >= 0.6 is 0 Å². The SMILES string of the molecule is C=C1C(O)CC2CC3(O)CCC(C)(C)C3C12O. The Kier molecular flexibility index (Phi) is 2.03. The average molecular weight is 238 g/mol. The van der Waals surface area contributed by atoms with Crippen molar-refractivity contribution in [3.63, 3.8) is 0 Å². The fourth-order valence-corrected chi connectivity index (χ4v) is 4.99. The number of rotatable bonds is 0. The van der Waals surface area contributed by atoms with Gasteiger partial charge in [-0.3, -0.25) is 0 Å². The van der Waals surface area contributed by atoms with E-state index < -0.39 is 17.3 Å². The number of aliphatic hydroxyl groups is 3. The molecule has 5 atom stereocenters. The van der Waals surface area contributed by atoms with E-state index in [1.54, 1.807) is 0 Å². The van der Waals surface area contributed by atoms with E-state index in [2.05, 4.69) is 20.4 Å². The Hall–Kier alpha value is -0.380. The molecule has 96 valence electrons. The van der Waals surface area contributed by atoms with E-state index in [1.165, 1.54) is 0 Å². The van der Waals surface area contributed by atoms with E-state index in [-0.39, 0.29) is 17.3 Å². The van der Waals surface area contributed by atoms with Crippen LogP contribution in [0.15, 0.2) is 12.2 Å². The molecule has 0 radical (unpaired) electrons. The van der Waals surface area contributed by atoms with Crippen molar-refractivity contribution >= 4 is 0 Å². The molecule has 3 rings (SSSR count). The highest BCUT2D eigenvalue weighted by Gasteiger charge is 2.71. The highest BCUT2D eigenvalue weighted by molar-refractivity contribution is 5.35. The van der Waals surface area contributed by atoms with Crippen LogP contribution < -0.4 is 0 Å². The molecule has 0 amide bonds. The molecule has 0 aliphatic heterocycles. The molecule has 0 saturated heterocycles. The predicted octanol–water partition coefficient (Wildman–Crippen LogP) is 1.23. The van der Waals surface area contributed by atoms with Gasteiger partial charge in [-0.05, 0) is 42.6 Å². The van der Waals surface area contributed by atoms with Crippen molar-refractivity contribution in [2.45, 2.75) is 56.8 Å². The first-order valence-corrected chi connectivity index (χ1v) is 6.54. The van der Waals surface area contributed by atoms with Crippen LogP contribution in [0.25, 0.3) is 0 Å². The Balaban J connectivity index is 2.11. The zero-order valence-electron chi connectivity index (χ0n) is 10.6. The van der Waals surface area contributed by atoms with E-state index in [1.807, 2.05) is 0 Å². The Bertz CT molecular complexity index is 389. The van der Waals surface area contributed by atoms with E-state index in [0.717, 1.165) is 12.8 Å². The van der Waals surface area contributed by atoms with Gasteiger partial charge in [-0.15, -0.1) is 0 Å². The fraction of sp³-hybridized carbons (Fsp3) is 0.857. The first-order chi connectivity index (χ1) is 7.72. The van der Waals surface area contributed by atoms with Crippen LogP contribution in [0, 0.1) is 17.3 Å². The number of aliphatic hydroxyl groups excluding tert-OH is 1. The van der Waals surface area contributed by atoms with Gasteiger partial charge in [-0.2, -0.15) is 0 Å². The van der Waals surface area contributed by atoms with Crippen LogP contribution in [0.4, 0.5) is 0 Å². The van der Waals surface area contributed by atoms with Crippen molar-refractivity contribution in [1.82, 2.24) is 0 Å². The first-order valence-electron chi connectivity index (χ1n) is 6.54. The molecule has 0 aromatic rings. The Morgan fingerprint density at radius 2 is 1.88 bits per heavy atom. The number of hydrogen-bond donors (Lipinski definition) is 3. The lowest BCUT2D eigenvalue weighted by Crippen LogP contribution is -2.48. The van der Waals surface area contributed by atoms with Crippen LogP contribution in [-0.4, -0.2) is 32.6 Å². The minimum absolute atomic E-state index is 0.0282. The molecule has 0 bridgehead atoms. The molecule has 3 fully saturated rings. The van der Waals surface area contributed by atoms with E-state index >= 15 is 0 Å². The highest BCUT2D eigenvalue weighted by atomic mass is 16.3. The van der Waals surface area contributed by atoms with Crippen LogP contribution in [0.1, 0.15) is 39.5 Å². The third-order valence-corrected chi connectivity index (χ3v) is 5.61. The third-order valence-electron chi connectivity index (χ3n) is 5.61. The van der Waals surface area contributed by atoms with Crippen LogP contribution in [-0.2, 0) is 0 Å². The molecule has 3 N–H and O–H groups in total. The lowest BCUT2D eigenvalue weighted by molar-refractivity contribution is -0.0769. The van der Waals surface area contributed by atoms with Gasteiger partial charge in [0.25, 0.3) is 0 Å². The molecule has 0 spiro atoms. The van der Waals surface area contributed by atoms with Crippen molar-refractivity contribution in [3.8, 4) is 0 Å². The summed E-state index contributed by atoms with van der Waals surface area (Å²) in [6, 6.07) is 0. The molecule has 5 unspecified atom stereocenters. The van der Waals surface area contributed by atoms with Gasteiger partial charge in [0, 0.05) is 5.92 Å². The van der Waals surface area contributed by atoms with Crippen molar-refractivity contribution in [2.75, 3.05) is 0 Å². The largest absolute Gasteiger partial charge is 0.389 e. The Labute approximate surface area is 102 Å². The number of fused-ring (bicyclic) bond motifs is 3. The molecule has 3 heteroatoms. The van der Waals surface area contributed by atoms with E-state index in [0.29, 0.717) is 18.4 Å². The average Bonchev–Trinajstić information content (AvgIpc) is 2.66. The van der Waals surface area contributed by atoms with Gasteiger partial charge in [0.2, 0.25) is 0 Å². The maximum Gasteiger partial charge on any atom is 0.0969 e. The summed E-state index contributed by atoms with van der Waals surface area (Å²) in [6.07, 6.45) is 2.23. The quantitative estimate of drug-likeness (QED) is 0.556. The van der Waals surface area contributed by atoms with E-state index in [9.17, 15) is 15.3 Å². The lowest BCUT2D eigenvalue weighted by Gasteiger charge is -2.41. The molecule has 3 saturated carbocycles. The maximum absolute atomic E-state index is 11.0. The number of hydrogen-bond acceptors (Lipinski definition) is 3. The van der Waals surface area contributed by atoms with Gasteiger partial charge in [0.1, 0.15) is 0 Å². The zero-order chi connectivity index (χ0) is 12.6. The summed E-state index contributed by atoms with van der Waals surface area (Å²) in [6.45, 7) is 8.11. The molecular formula is C14H22O3. The molecule has 3 nitrogen and oxygen atoms in total. The second-order valence-electron chi connectivity index (χ2n) is 7.03. The molecule has 3 aliphatic rings. The summed E-state index contributed by atoms with van der Waals surface area (Å²) in [7, 11) is 0. The third kappa shape index (κ3) is 1.18. The highest BCUT2D eigenvalue weighted by Crippen LogP contribution is 2.67. The molecular weight excluding hydrogens is 216 g/mol. The summed E-state index contributed by atoms with van der Waals surface area (Å²) in [5, 5.41) is 31.7. The Morgan fingerprint density at radius 1 is 1.24 bits per heavy atom. The lowest BCUT2D eigenvalue weighted by atomic mass is 9.69. The predicted molar refractivity (Wildman–Crippen MR) is 64.3 cm³/mol. The Morgan fingerprint density at radius 3 is 2.53 bits per heavy atom. The van der Waals surface area contributed by atoms with Crippen LogP contribution in [0.3, 0.4) is 0 Å². The fourth-order valence-electron chi connectivity index (χ4n) is 4.99. The molecule has 0 aromatic carbocycles. The molecule has 17 heavy (non-hydrogen) atoms. The summed E-state index contributed by atoms with van der Waals surface area (Å²) in [4.78, 5) is 0. The van der Waals surface area contributed by atoms with Gasteiger partial charge >= 0.3 is 0 Å². The van der Waals surface area contributed by atoms with Gasteiger partial charge in [-0.25, -0.2) is 0 Å². The maximum atomic E-state index is 11.0. The van der Waals surface area contributed by atoms with Crippen molar-refractivity contribution in [1.29, 1.82) is 0 Å². The minimum atomic E-state index is -1.06. The molecule has 0 heterocycles. The van der Waals surface area contributed by atoms with Crippen molar-refractivity contribution < 1.29 is 15.3 Å². The van der Waals surface area contributed by atoms with Crippen LogP contribution in [0.2, 0.25) is 0 Å². The van der Waals surface area contributed by atoms with Gasteiger partial charge in [0.05, 0.1) is 17.3 Å². The monoisotopic (exact) mass is 238 g/mol. The van der Waals surface area contributed by atoms with E-state index in [4.69, 9.17) is 0 Å². The van der Waals surface area contributed by atoms with Gasteiger partial charge in [-0.1, -0.05) is 20.4 Å². The first kappa shape index (κ1) is 11.7. The summed E-state index contributed by atoms with van der Waals surface area (Å²) >= 11 is 0. The van der Waals surface area contributed by atoms with Gasteiger partial charge in [0.15, 0.2) is 0 Å². The normalized spacial score (nSPS) is 56.1. The van der Waals surface area contributed by atoms with Crippen LogP contribution in [0.5, 0.6) is 0 Å². The smallest absolute Gasteiger partial charge is 0.0969 e. The van der Waals surface area contributed by atoms with Crippen molar-refractivity contribution in [2.24, 2.45) is 17.3 Å². The second kappa shape index (κ2) is 2.95. The van der Waals surface area contributed by atoms with Crippen molar-refractivity contribution in [3.05, 3.63) is 12.2 Å². The standard InChI is InChI=1S/C14H22O3/c1-8-10(15)6-9-7-13(16)5-4-12(2,3)11(13)14(8,9)17/h9-11,15-17H,1,4-7H2,2-3H3. The minimum Gasteiger partial charge on any atom is -0.389 e. The summed E-state index contributed by atoms with van der Waals surface area (Å²) in [5.74, 6) is -0.211.